The van der Waals surface area contributed by atoms with Gasteiger partial charge in [0.1, 0.15) is 49.4 Å². The first kappa shape index (κ1) is 62.2. The number of hydrogen-bond donors (Lipinski definition) is 8. The molecule has 0 bridgehead atoms. The van der Waals surface area contributed by atoms with Crippen LogP contribution < -0.4 is 40.8 Å². The molecule has 0 saturated carbocycles. The van der Waals surface area contributed by atoms with Crippen molar-refractivity contribution in [3.8, 4) is 23.0 Å². The standard InChI is InChI=1S/C13H18BBrO4.C13H18BClO4.C12H16BBrO4.C12H16BClO4/c2*1-4-9-11-8(15)5-6-10(12(11)14(17)19-9)18-7-13(2,3)16;2*1-3-9-11-8(14)4-5-10(17-6-7(2)15)12(11)13(16)18-9/h2*5-6,9,16-17H,4,7H2,1-3H3;2*4-5,7,9,15-16H,3,6H2,1-2H3/t2*9-;2*7?,9-/m1111/s1. The maximum Gasteiger partial charge on any atom is 0.495 e. The van der Waals surface area contributed by atoms with Gasteiger partial charge >= 0.3 is 28.5 Å². The molecule has 24 heteroatoms. The van der Waals surface area contributed by atoms with Crippen LogP contribution >= 0.6 is 55.1 Å². The minimum Gasteiger partial charge on any atom is -0.491 e. The normalized spacial score (nSPS) is 19.2. The Morgan fingerprint density at radius 1 is 0.486 bits per heavy atom. The van der Waals surface area contributed by atoms with Crippen molar-refractivity contribution in [2.45, 2.75) is 143 Å². The Morgan fingerprint density at radius 2 is 0.743 bits per heavy atom. The third-order valence-corrected chi connectivity index (χ3v) is 13.9. The predicted octanol–water partition coefficient (Wildman–Crippen LogP) is 6.07. The third-order valence-electron chi connectivity index (χ3n) is 11.8. The van der Waals surface area contributed by atoms with Gasteiger partial charge in [0.25, 0.3) is 0 Å². The summed E-state index contributed by atoms with van der Waals surface area (Å²) < 4.78 is 45.9. The van der Waals surface area contributed by atoms with Crippen LogP contribution in [0.15, 0.2) is 57.5 Å². The Kier molecular flexibility index (Phi) is 23.0. The molecule has 2 unspecified atom stereocenters. The van der Waals surface area contributed by atoms with Crippen molar-refractivity contribution in [3.05, 3.63) is 89.8 Å². The molecule has 4 aliphatic rings. The van der Waals surface area contributed by atoms with Crippen LogP contribution in [0.25, 0.3) is 0 Å². The van der Waals surface area contributed by atoms with E-state index in [9.17, 15) is 40.5 Å². The van der Waals surface area contributed by atoms with Gasteiger partial charge in [0.2, 0.25) is 0 Å². The summed E-state index contributed by atoms with van der Waals surface area (Å²) in [5.41, 5.74) is 4.05. The number of rotatable bonds is 16. The van der Waals surface area contributed by atoms with Gasteiger partial charge in [-0.2, -0.15) is 0 Å². The summed E-state index contributed by atoms with van der Waals surface area (Å²) in [6.45, 7) is 18.5. The molecule has 16 nitrogen and oxygen atoms in total. The zero-order valence-electron chi connectivity index (χ0n) is 43.4. The van der Waals surface area contributed by atoms with Crippen LogP contribution in [0.4, 0.5) is 0 Å². The molecule has 0 spiro atoms. The molecule has 8 rings (SSSR count). The molecule has 4 aliphatic heterocycles. The van der Waals surface area contributed by atoms with E-state index in [4.69, 9.17) is 60.8 Å². The molecule has 0 saturated heterocycles. The van der Waals surface area contributed by atoms with Gasteiger partial charge in [0.15, 0.2) is 0 Å². The molecular formula is C50H68B4Br2Cl2O16. The van der Waals surface area contributed by atoms with Gasteiger partial charge in [-0.3, -0.25) is 0 Å². The van der Waals surface area contributed by atoms with Crippen LogP contribution in [0.3, 0.4) is 0 Å². The highest BCUT2D eigenvalue weighted by molar-refractivity contribution is 9.10. The molecule has 4 heterocycles. The number of aliphatic hydroxyl groups is 4. The summed E-state index contributed by atoms with van der Waals surface area (Å²) >= 11 is 19.3. The molecule has 74 heavy (non-hydrogen) atoms. The van der Waals surface area contributed by atoms with Gasteiger partial charge in [0, 0.05) is 52.0 Å². The lowest BCUT2D eigenvalue weighted by Gasteiger charge is -2.20. The second-order valence-electron chi connectivity index (χ2n) is 19.6. The van der Waals surface area contributed by atoms with E-state index < -0.39 is 51.9 Å². The molecule has 0 fully saturated rings. The SMILES string of the molecule is CC[C@H]1OB(O)c2c(OCC(C)(C)O)ccc(Br)c21.CC[C@H]1OB(O)c2c(OCC(C)(C)O)ccc(Cl)c21.CC[C@H]1OB(O)c2c(OCC(C)O)ccc(Br)c21.CC[C@H]1OB(O)c2c(OCC(C)O)ccc(Cl)c21. The largest absolute Gasteiger partial charge is 0.495 e. The number of halogens is 4. The molecule has 404 valence electrons. The quantitative estimate of drug-likeness (QED) is 0.0595. The Bertz CT molecular complexity index is 2330. The summed E-state index contributed by atoms with van der Waals surface area (Å²) in [6.07, 6.45) is 1.19. The second-order valence-corrected chi connectivity index (χ2v) is 22.1. The van der Waals surface area contributed by atoms with Crippen molar-refractivity contribution in [2.75, 3.05) is 26.4 Å². The Balaban J connectivity index is 0.000000183. The van der Waals surface area contributed by atoms with Gasteiger partial charge in [-0.25, -0.2) is 0 Å². The van der Waals surface area contributed by atoms with Gasteiger partial charge in [-0.1, -0.05) is 82.8 Å². The third kappa shape index (κ3) is 15.8. The van der Waals surface area contributed by atoms with Crippen molar-refractivity contribution in [1.82, 2.24) is 0 Å². The van der Waals surface area contributed by atoms with Gasteiger partial charge in [0.05, 0.1) is 47.8 Å². The molecule has 4 aromatic carbocycles. The predicted molar refractivity (Wildman–Crippen MR) is 296 cm³/mol. The summed E-state index contributed by atoms with van der Waals surface area (Å²) in [6, 6.07) is 14.1. The first-order chi connectivity index (χ1) is 34.7. The van der Waals surface area contributed by atoms with Crippen LogP contribution in [0.5, 0.6) is 23.0 Å². The molecule has 8 N–H and O–H groups in total. The second kappa shape index (κ2) is 27.3. The molecule has 0 aliphatic carbocycles. The molecule has 4 aromatic rings. The Hall–Kier alpha value is -2.60. The van der Waals surface area contributed by atoms with Crippen LogP contribution in [0.2, 0.25) is 10.0 Å². The van der Waals surface area contributed by atoms with E-state index in [1.54, 1.807) is 77.9 Å². The lowest BCUT2D eigenvalue weighted by Crippen LogP contribution is -2.33. The first-order valence-corrected chi connectivity index (χ1v) is 27.0. The average Bonchev–Trinajstić information content (AvgIpc) is 4.09. The highest BCUT2D eigenvalue weighted by Gasteiger charge is 2.42. The van der Waals surface area contributed by atoms with Crippen molar-refractivity contribution >= 4 is 105 Å². The highest BCUT2D eigenvalue weighted by Crippen LogP contribution is 2.39. The van der Waals surface area contributed by atoms with E-state index in [0.29, 0.717) is 54.9 Å². The molecule has 0 radical (unpaired) electrons. The van der Waals surface area contributed by atoms with Crippen molar-refractivity contribution < 1.29 is 78.1 Å². The monoisotopic (exact) mass is 1200 g/mol. The zero-order valence-corrected chi connectivity index (χ0v) is 48.1. The number of ether oxygens (including phenoxy) is 4. The van der Waals surface area contributed by atoms with E-state index >= 15 is 0 Å². The van der Waals surface area contributed by atoms with E-state index in [1.807, 2.05) is 39.8 Å². The molecule has 0 amide bonds. The van der Waals surface area contributed by atoms with E-state index in [0.717, 1.165) is 56.9 Å². The lowest BCUT2D eigenvalue weighted by molar-refractivity contribution is 0.0285. The maximum absolute atomic E-state index is 10.0. The van der Waals surface area contributed by atoms with Crippen LogP contribution in [-0.2, 0) is 18.6 Å². The van der Waals surface area contributed by atoms with Gasteiger partial charge < -0.3 is 78.1 Å². The van der Waals surface area contributed by atoms with Crippen LogP contribution in [0, 0.1) is 0 Å². The van der Waals surface area contributed by atoms with Gasteiger partial charge in [-0.05, 0) is 127 Å². The van der Waals surface area contributed by atoms with Crippen molar-refractivity contribution in [1.29, 1.82) is 0 Å². The number of fused-ring (bicyclic) bond motifs is 4. The minimum atomic E-state index is -1.03. The van der Waals surface area contributed by atoms with Gasteiger partial charge in [-0.15, -0.1) is 0 Å². The van der Waals surface area contributed by atoms with Crippen LogP contribution in [0.1, 0.15) is 142 Å². The zero-order chi connectivity index (χ0) is 55.0. The van der Waals surface area contributed by atoms with Crippen molar-refractivity contribution in [3.63, 3.8) is 0 Å². The van der Waals surface area contributed by atoms with E-state index in [2.05, 4.69) is 31.9 Å². The molecule has 6 atom stereocenters. The fourth-order valence-electron chi connectivity index (χ4n) is 8.49. The summed E-state index contributed by atoms with van der Waals surface area (Å²) in [5.74, 6) is 2.14. The lowest BCUT2D eigenvalue weighted by atomic mass is 9.78. The number of hydrogen-bond acceptors (Lipinski definition) is 16. The Morgan fingerprint density at radius 3 is 1.01 bits per heavy atom. The summed E-state index contributed by atoms with van der Waals surface area (Å²) in [7, 11) is -4.00. The maximum atomic E-state index is 10.0. The molecule has 0 aromatic heterocycles. The van der Waals surface area contributed by atoms with Crippen LogP contribution in [-0.4, -0.2) is 119 Å². The van der Waals surface area contributed by atoms with Crippen molar-refractivity contribution in [2.24, 2.45) is 0 Å². The summed E-state index contributed by atoms with van der Waals surface area (Å²) in [4.78, 5) is 0. The number of aliphatic hydroxyl groups excluding tert-OH is 2. The fraction of sp³-hybridized carbons (Fsp3) is 0.520. The van der Waals surface area contributed by atoms with E-state index in [-0.39, 0.29) is 50.8 Å². The summed E-state index contributed by atoms with van der Waals surface area (Å²) in [5, 5.41) is 79.0. The fourth-order valence-corrected chi connectivity index (χ4v) is 10.3. The van der Waals surface area contributed by atoms with E-state index in [1.165, 1.54) is 0 Å². The number of benzene rings is 4. The minimum absolute atomic E-state index is 0.125. The smallest absolute Gasteiger partial charge is 0.491 e. The Labute approximate surface area is 462 Å². The molecular weight excluding hydrogens is 1130 g/mol. The highest BCUT2D eigenvalue weighted by atomic mass is 79.9. The topological polar surface area (TPSA) is 236 Å². The average molecular weight is 1200 g/mol. The first-order valence-electron chi connectivity index (χ1n) is 24.7.